The standard InChI is InChI=1S/C10H19NO2.Zn/c12-10(13)8-11-9-6-4-2-1-3-5-7-9;/h9,11H,1-8H2,(H,12,13);. The van der Waals surface area contributed by atoms with Gasteiger partial charge in [0.15, 0.2) is 0 Å². The van der Waals surface area contributed by atoms with Crippen molar-refractivity contribution in [3.8, 4) is 0 Å². The Hall–Kier alpha value is 0.0534. The molecular formula is C10H19NO2Zn. The normalized spacial score (nSPS) is 19.1. The summed E-state index contributed by atoms with van der Waals surface area (Å²) in [6.07, 6.45) is 8.76. The van der Waals surface area contributed by atoms with Crippen molar-refractivity contribution in [2.45, 2.75) is 51.0 Å². The van der Waals surface area contributed by atoms with E-state index in [1.807, 2.05) is 0 Å². The summed E-state index contributed by atoms with van der Waals surface area (Å²) >= 11 is 0. The monoisotopic (exact) mass is 249 g/mol. The molecule has 0 bridgehead atoms. The van der Waals surface area contributed by atoms with E-state index in [1.54, 1.807) is 0 Å². The third-order valence-electron chi connectivity index (χ3n) is 2.65. The van der Waals surface area contributed by atoms with Gasteiger partial charge in [-0.05, 0) is 12.8 Å². The van der Waals surface area contributed by atoms with Gasteiger partial charge in [0.1, 0.15) is 0 Å². The van der Waals surface area contributed by atoms with Crippen LogP contribution in [0, 0.1) is 0 Å². The van der Waals surface area contributed by atoms with Crippen molar-refractivity contribution in [3.63, 3.8) is 0 Å². The Labute approximate surface area is 98.4 Å². The van der Waals surface area contributed by atoms with E-state index in [-0.39, 0.29) is 26.0 Å². The van der Waals surface area contributed by atoms with Crippen LogP contribution in [0.5, 0.6) is 0 Å². The summed E-state index contributed by atoms with van der Waals surface area (Å²) < 4.78 is 0. The summed E-state index contributed by atoms with van der Waals surface area (Å²) in [5.74, 6) is -0.748. The molecule has 0 aromatic heterocycles. The fourth-order valence-electron chi connectivity index (χ4n) is 1.89. The minimum Gasteiger partial charge on any atom is -0.480 e. The summed E-state index contributed by atoms with van der Waals surface area (Å²) in [6, 6.07) is 0.441. The van der Waals surface area contributed by atoms with Crippen molar-refractivity contribution < 1.29 is 29.4 Å². The SMILES string of the molecule is O=C(O)CNC1CCCCCCC1.[Zn]. The molecule has 0 aromatic carbocycles. The average molecular weight is 251 g/mol. The Bertz CT molecular complexity index is 156. The van der Waals surface area contributed by atoms with Crippen LogP contribution in [-0.4, -0.2) is 23.7 Å². The number of rotatable bonds is 3. The molecule has 0 aliphatic heterocycles. The number of carboxylic acid groups (broad SMARTS) is 1. The third kappa shape index (κ3) is 6.50. The molecular weight excluding hydrogens is 232 g/mol. The Balaban J connectivity index is 0.00000169. The van der Waals surface area contributed by atoms with E-state index in [4.69, 9.17) is 5.11 Å². The molecule has 0 aromatic rings. The Kier molecular flexibility index (Phi) is 8.40. The van der Waals surface area contributed by atoms with Crippen LogP contribution in [0.3, 0.4) is 0 Å². The molecule has 0 amide bonds. The van der Waals surface area contributed by atoms with Crippen molar-refractivity contribution in [1.29, 1.82) is 0 Å². The van der Waals surface area contributed by atoms with E-state index >= 15 is 0 Å². The molecule has 1 fully saturated rings. The summed E-state index contributed by atoms with van der Waals surface area (Å²) in [4.78, 5) is 10.3. The molecule has 3 nitrogen and oxygen atoms in total. The smallest absolute Gasteiger partial charge is 0.317 e. The number of aliphatic carboxylic acids is 1. The van der Waals surface area contributed by atoms with Gasteiger partial charge < -0.3 is 10.4 Å². The fourth-order valence-corrected chi connectivity index (χ4v) is 1.89. The second-order valence-electron chi connectivity index (χ2n) is 3.82. The Morgan fingerprint density at radius 2 is 1.64 bits per heavy atom. The van der Waals surface area contributed by atoms with Crippen LogP contribution in [-0.2, 0) is 24.3 Å². The molecule has 78 valence electrons. The number of hydrogen-bond donors (Lipinski definition) is 2. The molecule has 4 heteroatoms. The predicted octanol–water partition coefficient (Wildman–Crippen LogP) is 1.77. The largest absolute Gasteiger partial charge is 0.480 e. The number of nitrogens with one attached hydrogen (secondary N) is 1. The average Bonchev–Trinajstić information content (AvgIpc) is 2.01. The molecule has 1 rings (SSSR count). The van der Waals surface area contributed by atoms with E-state index < -0.39 is 5.97 Å². The third-order valence-corrected chi connectivity index (χ3v) is 2.65. The van der Waals surface area contributed by atoms with Crippen LogP contribution in [0.25, 0.3) is 0 Å². The molecule has 0 heterocycles. The topological polar surface area (TPSA) is 49.3 Å². The minimum absolute atomic E-state index is 0. The second kappa shape index (κ2) is 8.37. The molecule has 0 unspecified atom stereocenters. The van der Waals surface area contributed by atoms with E-state index in [1.165, 1.54) is 32.1 Å². The molecule has 1 saturated carbocycles. The zero-order chi connectivity index (χ0) is 9.52. The van der Waals surface area contributed by atoms with E-state index in [0.29, 0.717) is 6.04 Å². The molecule has 0 spiro atoms. The van der Waals surface area contributed by atoms with E-state index in [2.05, 4.69) is 5.32 Å². The first kappa shape index (κ1) is 14.1. The molecule has 1 aliphatic carbocycles. The van der Waals surface area contributed by atoms with Crippen LogP contribution in [0.4, 0.5) is 0 Å². The minimum atomic E-state index is -0.748. The second-order valence-corrected chi connectivity index (χ2v) is 3.82. The van der Waals surface area contributed by atoms with Gasteiger partial charge in [0.05, 0.1) is 6.54 Å². The maximum Gasteiger partial charge on any atom is 0.317 e. The van der Waals surface area contributed by atoms with Gasteiger partial charge in [-0.2, -0.15) is 0 Å². The molecule has 0 radical (unpaired) electrons. The zero-order valence-electron chi connectivity index (χ0n) is 8.80. The first-order valence-corrected chi connectivity index (χ1v) is 5.24. The van der Waals surface area contributed by atoms with E-state index in [9.17, 15) is 4.79 Å². The zero-order valence-corrected chi connectivity index (χ0v) is 11.8. The summed E-state index contributed by atoms with van der Waals surface area (Å²) in [7, 11) is 0. The van der Waals surface area contributed by atoms with Gasteiger partial charge in [-0.1, -0.05) is 32.1 Å². The molecule has 14 heavy (non-hydrogen) atoms. The van der Waals surface area contributed by atoms with Gasteiger partial charge in [0, 0.05) is 25.5 Å². The van der Waals surface area contributed by atoms with Gasteiger partial charge in [0.2, 0.25) is 0 Å². The maximum absolute atomic E-state index is 10.3. The number of hydrogen-bond acceptors (Lipinski definition) is 2. The van der Waals surface area contributed by atoms with Gasteiger partial charge in [0.25, 0.3) is 0 Å². The molecule has 2 N–H and O–H groups in total. The number of carbonyl (C=O) groups is 1. The maximum atomic E-state index is 10.3. The van der Waals surface area contributed by atoms with Crippen molar-refractivity contribution >= 4 is 5.97 Å². The van der Waals surface area contributed by atoms with Crippen LogP contribution in [0.1, 0.15) is 44.9 Å². The van der Waals surface area contributed by atoms with Gasteiger partial charge in [-0.15, -0.1) is 0 Å². The van der Waals surface area contributed by atoms with Crippen molar-refractivity contribution in [2.24, 2.45) is 0 Å². The molecule has 0 atom stereocenters. The molecule has 0 saturated heterocycles. The molecule has 1 aliphatic rings. The predicted molar refractivity (Wildman–Crippen MR) is 51.7 cm³/mol. The van der Waals surface area contributed by atoms with Crippen LogP contribution in [0.2, 0.25) is 0 Å². The quantitative estimate of drug-likeness (QED) is 0.751. The first-order valence-electron chi connectivity index (χ1n) is 5.24. The van der Waals surface area contributed by atoms with Crippen molar-refractivity contribution in [1.82, 2.24) is 5.32 Å². The Morgan fingerprint density at radius 1 is 1.14 bits per heavy atom. The summed E-state index contributed by atoms with van der Waals surface area (Å²) in [6.45, 7) is 0.116. The van der Waals surface area contributed by atoms with Crippen molar-refractivity contribution in [2.75, 3.05) is 6.54 Å². The fraction of sp³-hybridized carbons (Fsp3) is 0.900. The van der Waals surface area contributed by atoms with E-state index in [0.717, 1.165) is 12.8 Å². The first-order chi connectivity index (χ1) is 6.29. The number of carboxylic acids is 1. The van der Waals surface area contributed by atoms with Crippen LogP contribution in [0.15, 0.2) is 0 Å². The van der Waals surface area contributed by atoms with Crippen molar-refractivity contribution in [3.05, 3.63) is 0 Å². The van der Waals surface area contributed by atoms with Gasteiger partial charge in [-0.25, -0.2) is 0 Å². The Morgan fingerprint density at radius 3 is 2.14 bits per heavy atom. The van der Waals surface area contributed by atoms with Crippen LogP contribution < -0.4 is 5.32 Å². The summed E-state index contributed by atoms with van der Waals surface area (Å²) in [5.41, 5.74) is 0. The van der Waals surface area contributed by atoms with Gasteiger partial charge >= 0.3 is 5.97 Å². The van der Waals surface area contributed by atoms with Gasteiger partial charge in [-0.3, -0.25) is 4.79 Å². The van der Waals surface area contributed by atoms with Crippen LogP contribution >= 0.6 is 0 Å². The summed E-state index contributed by atoms with van der Waals surface area (Å²) in [5, 5.41) is 11.6.